The second kappa shape index (κ2) is 8.79. The second-order valence-electron chi connectivity index (χ2n) is 5.84. The number of halogens is 1. The minimum atomic E-state index is -0.290. The van der Waals surface area contributed by atoms with Gasteiger partial charge in [0.25, 0.3) is 0 Å². The molecule has 0 heterocycles. The van der Waals surface area contributed by atoms with Crippen LogP contribution in [0.15, 0.2) is 77.7 Å². The van der Waals surface area contributed by atoms with E-state index in [0.29, 0.717) is 10.7 Å². The highest BCUT2D eigenvalue weighted by atomic mass is 35.5. The van der Waals surface area contributed by atoms with E-state index in [2.05, 4.69) is 28.8 Å². The highest BCUT2D eigenvalue weighted by Crippen LogP contribution is 2.25. The molecule has 3 nitrogen and oxygen atoms in total. The first-order chi connectivity index (χ1) is 12.6. The number of hydrogen-bond acceptors (Lipinski definition) is 2. The van der Waals surface area contributed by atoms with Crippen LogP contribution in [0, 0.1) is 6.92 Å². The molecule has 0 aromatic heterocycles. The van der Waals surface area contributed by atoms with Crippen LogP contribution in [0.5, 0.6) is 0 Å². The van der Waals surface area contributed by atoms with Crippen molar-refractivity contribution in [3.05, 3.63) is 88.9 Å². The van der Waals surface area contributed by atoms with E-state index in [0.717, 1.165) is 17.0 Å². The Morgan fingerprint density at radius 3 is 2.50 bits per heavy atom. The monoisotopic (exact) mass is 382 g/mol. The highest BCUT2D eigenvalue weighted by molar-refractivity contribution is 7.98. The molecule has 0 unspecified atom stereocenters. The van der Waals surface area contributed by atoms with Gasteiger partial charge >= 0.3 is 6.03 Å². The van der Waals surface area contributed by atoms with Crippen LogP contribution in [0.1, 0.15) is 11.1 Å². The van der Waals surface area contributed by atoms with Gasteiger partial charge < -0.3 is 10.6 Å². The zero-order chi connectivity index (χ0) is 18.4. The summed E-state index contributed by atoms with van der Waals surface area (Å²) in [7, 11) is 0. The van der Waals surface area contributed by atoms with Crippen LogP contribution in [0.3, 0.4) is 0 Å². The van der Waals surface area contributed by atoms with Gasteiger partial charge in [-0.2, -0.15) is 0 Å². The van der Waals surface area contributed by atoms with Gasteiger partial charge in [0.2, 0.25) is 0 Å². The largest absolute Gasteiger partial charge is 0.323 e. The van der Waals surface area contributed by atoms with E-state index in [1.54, 1.807) is 36.0 Å². The second-order valence-corrected chi connectivity index (χ2v) is 7.33. The number of rotatable bonds is 5. The maximum atomic E-state index is 12.2. The molecule has 0 spiro atoms. The van der Waals surface area contributed by atoms with Crippen molar-refractivity contribution in [2.24, 2.45) is 0 Å². The van der Waals surface area contributed by atoms with Crippen molar-refractivity contribution in [1.29, 1.82) is 0 Å². The number of carbonyl (C=O) groups is 1. The maximum absolute atomic E-state index is 12.2. The first kappa shape index (κ1) is 18.4. The Balaban J connectivity index is 1.59. The van der Waals surface area contributed by atoms with Crippen molar-refractivity contribution in [3.8, 4) is 0 Å². The van der Waals surface area contributed by atoms with E-state index in [1.165, 1.54) is 10.5 Å². The molecule has 0 aliphatic carbocycles. The number of anilines is 2. The van der Waals surface area contributed by atoms with Crippen molar-refractivity contribution in [2.45, 2.75) is 17.6 Å². The molecule has 26 heavy (non-hydrogen) atoms. The first-order valence-electron chi connectivity index (χ1n) is 8.21. The zero-order valence-electron chi connectivity index (χ0n) is 14.3. The number of urea groups is 1. The van der Waals surface area contributed by atoms with Gasteiger partial charge in [-0.15, -0.1) is 11.8 Å². The molecule has 0 bridgehead atoms. The van der Waals surface area contributed by atoms with Crippen molar-refractivity contribution < 1.29 is 4.79 Å². The molecule has 2 amide bonds. The lowest BCUT2D eigenvalue weighted by atomic mass is 10.1. The quantitative estimate of drug-likeness (QED) is 0.489. The van der Waals surface area contributed by atoms with Crippen LogP contribution in [-0.4, -0.2) is 6.03 Å². The normalized spacial score (nSPS) is 10.4. The molecule has 0 saturated carbocycles. The summed E-state index contributed by atoms with van der Waals surface area (Å²) in [4.78, 5) is 13.4. The number of hydrogen-bond donors (Lipinski definition) is 2. The lowest BCUT2D eigenvalue weighted by Crippen LogP contribution is -2.19. The number of benzene rings is 3. The number of carbonyl (C=O) groups excluding carboxylic acids is 1. The first-order valence-corrected chi connectivity index (χ1v) is 9.57. The van der Waals surface area contributed by atoms with E-state index in [4.69, 9.17) is 11.6 Å². The van der Waals surface area contributed by atoms with E-state index in [9.17, 15) is 4.79 Å². The molecule has 0 saturated heterocycles. The molecule has 0 radical (unpaired) electrons. The van der Waals surface area contributed by atoms with Crippen molar-refractivity contribution >= 4 is 40.8 Å². The molecule has 2 N–H and O–H groups in total. The molecule has 5 heteroatoms. The molecular weight excluding hydrogens is 364 g/mol. The molecule has 0 aliphatic heterocycles. The standard InChI is InChI=1S/C21H19ClN2OS/c1-15-12-16(14-26-19-8-3-2-4-9-19)10-11-20(15)24-21(25)23-18-7-5-6-17(22)13-18/h2-13H,14H2,1H3,(H2,23,24,25). The summed E-state index contributed by atoms with van der Waals surface area (Å²) in [6.07, 6.45) is 0. The van der Waals surface area contributed by atoms with E-state index >= 15 is 0 Å². The lowest BCUT2D eigenvalue weighted by molar-refractivity contribution is 0.262. The van der Waals surface area contributed by atoms with Gasteiger partial charge in [-0.05, 0) is 54.4 Å². The summed E-state index contributed by atoms with van der Waals surface area (Å²) in [5.41, 5.74) is 3.69. The Morgan fingerprint density at radius 1 is 0.962 bits per heavy atom. The number of aryl methyl sites for hydroxylation is 1. The number of amides is 2. The van der Waals surface area contributed by atoms with Crippen molar-refractivity contribution in [1.82, 2.24) is 0 Å². The Labute approximate surface area is 162 Å². The molecule has 3 aromatic carbocycles. The fourth-order valence-corrected chi connectivity index (χ4v) is 3.54. The average Bonchev–Trinajstić information content (AvgIpc) is 2.63. The molecule has 0 fully saturated rings. The summed E-state index contributed by atoms with van der Waals surface area (Å²) in [6.45, 7) is 1.99. The molecule has 132 valence electrons. The summed E-state index contributed by atoms with van der Waals surface area (Å²) in [6, 6.07) is 23.2. The summed E-state index contributed by atoms with van der Waals surface area (Å²) < 4.78 is 0. The molecule has 0 atom stereocenters. The molecule has 3 rings (SSSR count). The van der Waals surface area contributed by atoms with Crippen LogP contribution in [-0.2, 0) is 5.75 Å². The lowest BCUT2D eigenvalue weighted by Gasteiger charge is -2.11. The van der Waals surface area contributed by atoms with Gasteiger partial charge in [-0.1, -0.05) is 48.0 Å². The van der Waals surface area contributed by atoms with E-state index in [-0.39, 0.29) is 6.03 Å². The highest BCUT2D eigenvalue weighted by Gasteiger charge is 2.06. The third kappa shape index (κ3) is 5.28. The van der Waals surface area contributed by atoms with Crippen LogP contribution >= 0.6 is 23.4 Å². The number of thioether (sulfide) groups is 1. The zero-order valence-corrected chi connectivity index (χ0v) is 15.9. The average molecular weight is 383 g/mol. The van der Waals surface area contributed by atoms with Gasteiger partial charge in [0.1, 0.15) is 0 Å². The third-order valence-corrected chi connectivity index (χ3v) is 5.09. The van der Waals surface area contributed by atoms with E-state index in [1.807, 2.05) is 37.3 Å². The Bertz CT molecular complexity index is 900. The molecule has 3 aromatic rings. The fourth-order valence-electron chi connectivity index (χ4n) is 2.49. The third-order valence-electron chi connectivity index (χ3n) is 3.77. The van der Waals surface area contributed by atoms with Gasteiger partial charge in [0.05, 0.1) is 0 Å². The SMILES string of the molecule is Cc1cc(CSc2ccccc2)ccc1NC(=O)Nc1cccc(Cl)c1. The van der Waals surface area contributed by atoms with Gasteiger partial charge in [-0.3, -0.25) is 0 Å². The van der Waals surface area contributed by atoms with Gasteiger partial charge in [-0.25, -0.2) is 4.79 Å². The number of nitrogens with one attached hydrogen (secondary N) is 2. The summed E-state index contributed by atoms with van der Waals surface area (Å²) in [5, 5.41) is 6.24. The van der Waals surface area contributed by atoms with Crippen LogP contribution < -0.4 is 10.6 Å². The topological polar surface area (TPSA) is 41.1 Å². The Morgan fingerprint density at radius 2 is 1.77 bits per heavy atom. The van der Waals surface area contributed by atoms with E-state index < -0.39 is 0 Å². The van der Waals surface area contributed by atoms with Crippen LogP contribution in [0.4, 0.5) is 16.2 Å². The predicted octanol–water partition coefficient (Wildman–Crippen LogP) is 6.58. The maximum Gasteiger partial charge on any atom is 0.323 e. The molecule has 0 aliphatic rings. The van der Waals surface area contributed by atoms with Crippen molar-refractivity contribution in [3.63, 3.8) is 0 Å². The van der Waals surface area contributed by atoms with Crippen LogP contribution in [0.25, 0.3) is 0 Å². The summed E-state index contributed by atoms with van der Waals surface area (Å²) >= 11 is 7.72. The predicted molar refractivity (Wildman–Crippen MR) is 111 cm³/mol. The fraction of sp³-hybridized carbons (Fsp3) is 0.0952. The van der Waals surface area contributed by atoms with Gasteiger partial charge in [0.15, 0.2) is 0 Å². The minimum Gasteiger partial charge on any atom is -0.308 e. The molecular formula is C21H19ClN2OS. The van der Waals surface area contributed by atoms with Crippen molar-refractivity contribution in [2.75, 3.05) is 10.6 Å². The van der Waals surface area contributed by atoms with Gasteiger partial charge in [0, 0.05) is 27.0 Å². The minimum absolute atomic E-state index is 0.290. The summed E-state index contributed by atoms with van der Waals surface area (Å²) in [5.74, 6) is 0.889. The Hall–Kier alpha value is -2.43. The van der Waals surface area contributed by atoms with Crippen LogP contribution in [0.2, 0.25) is 5.02 Å². The smallest absolute Gasteiger partial charge is 0.308 e. The Kier molecular flexibility index (Phi) is 6.21.